The Balaban J connectivity index is 3.13. The van der Waals surface area contributed by atoms with Gasteiger partial charge in [-0.05, 0) is 18.2 Å². The fourth-order valence-corrected chi connectivity index (χ4v) is 0.893. The summed E-state index contributed by atoms with van der Waals surface area (Å²) in [5.74, 6) is -1.09. The summed E-state index contributed by atoms with van der Waals surface area (Å²) in [4.78, 5) is 10.4. The Hall–Kier alpha value is -1.26. The molecule has 0 atom stereocenters. The fraction of sp³-hybridized carbons (Fsp3) is 0. The van der Waals surface area contributed by atoms with E-state index in [0.717, 1.165) is 0 Å². The van der Waals surface area contributed by atoms with Crippen LogP contribution in [0.2, 0.25) is 5.02 Å². The summed E-state index contributed by atoms with van der Waals surface area (Å²) in [5, 5.41) is 18.9. The zero-order valence-electron chi connectivity index (χ0n) is 5.87. The predicted molar refractivity (Wildman–Crippen MR) is 45.4 cm³/mol. The van der Waals surface area contributed by atoms with Crippen LogP contribution in [0.25, 0.3) is 0 Å². The highest BCUT2D eigenvalue weighted by molar-refractivity contribution is 6.33. The van der Waals surface area contributed by atoms with Crippen molar-refractivity contribution in [3.8, 4) is 0 Å². The number of benzene rings is 1. The number of hydrogen-bond donors (Lipinski definition) is 2. The molecule has 64 valence electrons. The lowest BCUT2D eigenvalue weighted by molar-refractivity contribution is 0.0697. The highest BCUT2D eigenvalue weighted by Crippen LogP contribution is 2.22. The zero-order chi connectivity index (χ0) is 9.14. The van der Waals surface area contributed by atoms with Crippen molar-refractivity contribution in [1.29, 1.82) is 0 Å². The van der Waals surface area contributed by atoms with E-state index < -0.39 is 5.97 Å². The summed E-state index contributed by atoms with van der Waals surface area (Å²) in [5.41, 5.74) is 1.64. The van der Waals surface area contributed by atoms with Crippen molar-refractivity contribution in [3.05, 3.63) is 34.0 Å². The molecule has 0 bridgehead atoms. The number of carbonyl (C=O) groups is 1. The Bertz CT molecular complexity index is 314. The largest absolute Gasteiger partial charge is 0.761 e. The minimum atomic E-state index is -1.09. The van der Waals surface area contributed by atoms with Gasteiger partial charge in [-0.1, -0.05) is 11.6 Å². The van der Waals surface area contributed by atoms with Gasteiger partial charge in [-0.25, -0.2) is 4.79 Å². The van der Waals surface area contributed by atoms with E-state index in [9.17, 15) is 10.0 Å². The molecule has 1 aromatic carbocycles. The second-order valence-electron chi connectivity index (χ2n) is 2.10. The lowest BCUT2D eigenvalue weighted by Gasteiger charge is -2.11. The predicted octanol–water partition coefficient (Wildman–Crippen LogP) is 1.95. The maximum atomic E-state index is 10.4. The van der Waals surface area contributed by atoms with Gasteiger partial charge in [0.15, 0.2) is 0 Å². The smallest absolute Gasteiger partial charge is 0.335 e. The molecular formula is C7H5ClNO3-. The van der Waals surface area contributed by atoms with Crippen molar-refractivity contribution in [2.75, 3.05) is 5.48 Å². The molecule has 0 aliphatic carbocycles. The van der Waals surface area contributed by atoms with Crippen molar-refractivity contribution < 1.29 is 9.90 Å². The van der Waals surface area contributed by atoms with Crippen molar-refractivity contribution in [1.82, 2.24) is 0 Å². The van der Waals surface area contributed by atoms with Crippen LogP contribution in [0.15, 0.2) is 18.2 Å². The molecule has 0 saturated heterocycles. The first kappa shape index (κ1) is 8.83. The standard InChI is InChI=1S/C7H5ClNO3/c8-5-2-1-4(7(10)11)3-6(5)9-12/h1-3,9H,(H,10,11)/q-1. The first-order valence-corrected chi connectivity index (χ1v) is 3.44. The van der Waals surface area contributed by atoms with E-state index >= 15 is 0 Å². The van der Waals surface area contributed by atoms with E-state index in [4.69, 9.17) is 16.7 Å². The van der Waals surface area contributed by atoms with Gasteiger partial charge < -0.3 is 15.8 Å². The van der Waals surface area contributed by atoms with E-state index in [1.54, 1.807) is 5.48 Å². The van der Waals surface area contributed by atoms with Crippen LogP contribution in [-0.4, -0.2) is 11.1 Å². The van der Waals surface area contributed by atoms with Gasteiger partial charge in [0.05, 0.1) is 10.6 Å². The quantitative estimate of drug-likeness (QED) is 0.693. The highest BCUT2D eigenvalue weighted by Gasteiger charge is 2.04. The summed E-state index contributed by atoms with van der Waals surface area (Å²) in [6.45, 7) is 0. The normalized spacial score (nSPS) is 9.50. The number of hydrogen-bond acceptors (Lipinski definition) is 3. The Morgan fingerprint density at radius 2 is 2.25 bits per heavy atom. The number of carboxylic acids is 1. The van der Waals surface area contributed by atoms with Crippen LogP contribution in [0.3, 0.4) is 0 Å². The Morgan fingerprint density at radius 3 is 2.75 bits per heavy atom. The molecule has 0 aromatic heterocycles. The molecule has 0 aliphatic rings. The van der Waals surface area contributed by atoms with Crippen LogP contribution in [0, 0.1) is 5.21 Å². The molecule has 0 spiro atoms. The van der Waals surface area contributed by atoms with Gasteiger partial charge in [-0.3, -0.25) is 0 Å². The molecule has 0 fully saturated rings. The molecule has 1 aromatic rings. The minimum Gasteiger partial charge on any atom is -0.761 e. The van der Waals surface area contributed by atoms with E-state index in [2.05, 4.69) is 0 Å². The van der Waals surface area contributed by atoms with Crippen molar-refractivity contribution >= 4 is 23.3 Å². The van der Waals surface area contributed by atoms with E-state index in [1.165, 1.54) is 18.2 Å². The molecular weight excluding hydrogens is 182 g/mol. The van der Waals surface area contributed by atoms with Gasteiger partial charge in [0.2, 0.25) is 0 Å². The number of rotatable bonds is 2. The maximum absolute atomic E-state index is 10.4. The molecule has 0 radical (unpaired) electrons. The second kappa shape index (κ2) is 3.42. The van der Waals surface area contributed by atoms with Gasteiger partial charge in [0.1, 0.15) is 0 Å². The SMILES string of the molecule is O=C(O)c1ccc(Cl)c(N[O-])c1. The van der Waals surface area contributed by atoms with E-state index in [0.29, 0.717) is 0 Å². The van der Waals surface area contributed by atoms with E-state index in [1.807, 2.05) is 0 Å². The zero-order valence-corrected chi connectivity index (χ0v) is 6.63. The Morgan fingerprint density at radius 1 is 1.58 bits per heavy atom. The molecule has 0 heterocycles. The average molecular weight is 187 g/mol. The third-order valence-electron chi connectivity index (χ3n) is 1.32. The van der Waals surface area contributed by atoms with Crippen molar-refractivity contribution in [2.24, 2.45) is 0 Å². The molecule has 4 nitrogen and oxygen atoms in total. The van der Waals surface area contributed by atoms with Gasteiger partial charge in [-0.15, -0.1) is 0 Å². The van der Waals surface area contributed by atoms with Crippen LogP contribution in [-0.2, 0) is 0 Å². The first-order valence-electron chi connectivity index (χ1n) is 3.06. The Kier molecular flexibility index (Phi) is 2.52. The lowest BCUT2D eigenvalue weighted by atomic mass is 10.2. The van der Waals surface area contributed by atoms with Crippen LogP contribution >= 0.6 is 11.6 Å². The summed E-state index contributed by atoms with van der Waals surface area (Å²) >= 11 is 5.55. The van der Waals surface area contributed by atoms with Crippen LogP contribution in [0.4, 0.5) is 5.69 Å². The average Bonchev–Trinajstić information content (AvgIpc) is 2.05. The van der Waals surface area contributed by atoms with Crippen molar-refractivity contribution in [3.63, 3.8) is 0 Å². The molecule has 2 N–H and O–H groups in total. The van der Waals surface area contributed by atoms with Gasteiger partial charge in [-0.2, -0.15) is 0 Å². The van der Waals surface area contributed by atoms with Crippen LogP contribution < -0.4 is 5.48 Å². The molecule has 0 amide bonds. The summed E-state index contributed by atoms with van der Waals surface area (Å²) in [6.07, 6.45) is 0. The fourth-order valence-electron chi connectivity index (χ4n) is 0.737. The summed E-state index contributed by atoms with van der Waals surface area (Å²) in [7, 11) is 0. The maximum Gasteiger partial charge on any atom is 0.335 e. The highest BCUT2D eigenvalue weighted by atomic mass is 35.5. The monoisotopic (exact) mass is 186 g/mol. The topological polar surface area (TPSA) is 72.4 Å². The summed E-state index contributed by atoms with van der Waals surface area (Å²) < 4.78 is 0. The number of aromatic carboxylic acids is 1. The Labute approximate surface area is 73.4 Å². The molecule has 12 heavy (non-hydrogen) atoms. The molecule has 0 unspecified atom stereocenters. The number of halogens is 1. The molecule has 1 rings (SSSR count). The number of nitrogens with one attached hydrogen (secondary N) is 1. The minimum absolute atomic E-state index is 0.0257. The second-order valence-corrected chi connectivity index (χ2v) is 2.51. The first-order chi connectivity index (χ1) is 5.65. The van der Waals surface area contributed by atoms with Gasteiger partial charge in [0.25, 0.3) is 0 Å². The molecule has 0 saturated carbocycles. The van der Waals surface area contributed by atoms with E-state index in [-0.39, 0.29) is 16.3 Å². The van der Waals surface area contributed by atoms with Crippen LogP contribution in [0.5, 0.6) is 0 Å². The van der Waals surface area contributed by atoms with Crippen LogP contribution in [0.1, 0.15) is 10.4 Å². The van der Waals surface area contributed by atoms with Gasteiger partial charge in [0, 0.05) is 5.69 Å². The van der Waals surface area contributed by atoms with Crippen molar-refractivity contribution in [2.45, 2.75) is 0 Å². The number of anilines is 1. The molecule has 5 heteroatoms. The lowest BCUT2D eigenvalue weighted by Crippen LogP contribution is -1.97. The van der Waals surface area contributed by atoms with Gasteiger partial charge >= 0.3 is 5.97 Å². The number of carboxylic acid groups (broad SMARTS) is 1. The molecule has 0 aliphatic heterocycles. The third-order valence-corrected chi connectivity index (χ3v) is 1.65. The third kappa shape index (κ3) is 1.66. The summed E-state index contributed by atoms with van der Waals surface area (Å²) in [6, 6.07) is 3.86.